The quantitative estimate of drug-likeness (QED) is 0.784. The van der Waals surface area contributed by atoms with Gasteiger partial charge in [-0.3, -0.25) is 0 Å². The van der Waals surface area contributed by atoms with Crippen molar-refractivity contribution in [3.8, 4) is 0 Å². The molecule has 5 heteroatoms. The van der Waals surface area contributed by atoms with E-state index in [0.29, 0.717) is 11.9 Å². The number of nitrogens with zero attached hydrogens (tertiary/aromatic N) is 3. The summed E-state index contributed by atoms with van der Waals surface area (Å²) in [5.74, 6) is 1.31. The Hall–Kier alpha value is -0.770. The molecule has 0 radical (unpaired) electrons. The van der Waals surface area contributed by atoms with Gasteiger partial charge in [-0.05, 0) is 39.1 Å². The molecule has 0 saturated carbocycles. The molecule has 0 saturated heterocycles. The van der Waals surface area contributed by atoms with Crippen LogP contribution in [0.15, 0.2) is 18.2 Å². The highest BCUT2D eigenvalue weighted by molar-refractivity contribution is 6.31. The van der Waals surface area contributed by atoms with Gasteiger partial charge in [0.25, 0.3) is 0 Å². The monoisotopic (exact) mass is 299 g/mol. The standard InChI is InChI=1S/C14H19Cl2N3/c1-10(2)18(3)6-7-19-13-8-11(16)4-5-12(13)17-14(19)9-15/h4-5,8,10H,6-7,9H2,1-3H3. The molecule has 104 valence electrons. The number of halogens is 2. The van der Waals surface area contributed by atoms with Gasteiger partial charge in [-0.25, -0.2) is 4.98 Å². The van der Waals surface area contributed by atoms with Gasteiger partial charge in [-0.15, -0.1) is 11.6 Å². The number of hydrogen-bond acceptors (Lipinski definition) is 2. The molecule has 0 N–H and O–H groups in total. The summed E-state index contributed by atoms with van der Waals surface area (Å²) in [4.78, 5) is 6.85. The molecule has 0 aliphatic rings. The number of hydrogen-bond donors (Lipinski definition) is 0. The van der Waals surface area contributed by atoms with Crippen molar-refractivity contribution < 1.29 is 0 Å². The van der Waals surface area contributed by atoms with Gasteiger partial charge >= 0.3 is 0 Å². The molecule has 1 heterocycles. The van der Waals surface area contributed by atoms with Crippen LogP contribution in [0.2, 0.25) is 5.02 Å². The molecular formula is C14H19Cl2N3. The lowest BCUT2D eigenvalue weighted by molar-refractivity contribution is 0.263. The molecule has 0 fully saturated rings. The van der Waals surface area contributed by atoms with E-state index >= 15 is 0 Å². The van der Waals surface area contributed by atoms with Crippen molar-refractivity contribution in [2.45, 2.75) is 32.3 Å². The normalized spacial score (nSPS) is 11.9. The third kappa shape index (κ3) is 3.22. The summed E-state index contributed by atoms with van der Waals surface area (Å²) in [7, 11) is 2.12. The number of alkyl halides is 1. The van der Waals surface area contributed by atoms with E-state index in [0.717, 1.165) is 35.0 Å². The molecule has 1 aromatic carbocycles. The fraction of sp³-hybridized carbons (Fsp3) is 0.500. The molecule has 3 nitrogen and oxygen atoms in total. The Morgan fingerprint density at radius 2 is 2.11 bits per heavy atom. The summed E-state index contributed by atoms with van der Waals surface area (Å²) in [6.07, 6.45) is 0. The highest BCUT2D eigenvalue weighted by Gasteiger charge is 2.11. The number of imidazole rings is 1. The molecule has 0 aliphatic carbocycles. The Morgan fingerprint density at radius 1 is 1.37 bits per heavy atom. The summed E-state index contributed by atoms with van der Waals surface area (Å²) in [6, 6.07) is 6.28. The van der Waals surface area contributed by atoms with Crippen molar-refractivity contribution in [2.24, 2.45) is 0 Å². The van der Waals surface area contributed by atoms with E-state index < -0.39 is 0 Å². The van der Waals surface area contributed by atoms with Gasteiger partial charge in [-0.2, -0.15) is 0 Å². The van der Waals surface area contributed by atoms with Crippen LogP contribution >= 0.6 is 23.2 Å². The molecule has 0 atom stereocenters. The first-order valence-electron chi connectivity index (χ1n) is 6.43. The van der Waals surface area contributed by atoms with Crippen molar-refractivity contribution in [1.29, 1.82) is 0 Å². The van der Waals surface area contributed by atoms with Crippen molar-refractivity contribution in [2.75, 3.05) is 13.6 Å². The van der Waals surface area contributed by atoms with Crippen molar-refractivity contribution in [1.82, 2.24) is 14.5 Å². The first kappa shape index (κ1) is 14.6. The molecule has 0 aliphatic heterocycles. The number of benzene rings is 1. The van der Waals surface area contributed by atoms with E-state index in [4.69, 9.17) is 23.2 Å². The Balaban J connectivity index is 2.31. The minimum atomic E-state index is 0.414. The zero-order valence-corrected chi connectivity index (χ0v) is 13.0. The lowest BCUT2D eigenvalue weighted by atomic mass is 10.3. The largest absolute Gasteiger partial charge is 0.326 e. The van der Waals surface area contributed by atoms with Crippen LogP contribution in [0.3, 0.4) is 0 Å². The van der Waals surface area contributed by atoms with Gasteiger partial charge in [-0.1, -0.05) is 11.6 Å². The highest BCUT2D eigenvalue weighted by Crippen LogP contribution is 2.21. The van der Waals surface area contributed by atoms with E-state index in [1.54, 1.807) is 0 Å². The number of aromatic nitrogens is 2. The summed E-state index contributed by atoms with van der Waals surface area (Å²) in [6.45, 7) is 6.20. The fourth-order valence-electron chi connectivity index (χ4n) is 2.01. The van der Waals surface area contributed by atoms with Gasteiger partial charge in [0.2, 0.25) is 0 Å². The lowest BCUT2D eigenvalue weighted by Gasteiger charge is -2.21. The van der Waals surface area contributed by atoms with E-state index in [2.05, 4.69) is 35.3 Å². The minimum absolute atomic E-state index is 0.414. The third-order valence-electron chi connectivity index (χ3n) is 3.47. The highest BCUT2D eigenvalue weighted by atomic mass is 35.5. The van der Waals surface area contributed by atoms with E-state index in [1.807, 2.05) is 18.2 Å². The zero-order chi connectivity index (χ0) is 14.0. The van der Waals surface area contributed by atoms with E-state index in [9.17, 15) is 0 Å². The summed E-state index contributed by atoms with van der Waals surface area (Å²) < 4.78 is 2.16. The Labute approximate surface area is 124 Å². The molecule has 19 heavy (non-hydrogen) atoms. The van der Waals surface area contributed by atoms with Crippen LogP contribution in [-0.2, 0) is 12.4 Å². The zero-order valence-electron chi connectivity index (χ0n) is 11.5. The van der Waals surface area contributed by atoms with E-state index in [1.165, 1.54) is 0 Å². The predicted molar refractivity (Wildman–Crippen MR) is 82.1 cm³/mol. The second kappa shape index (κ2) is 6.12. The Kier molecular flexibility index (Phi) is 4.71. The maximum absolute atomic E-state index is 6.07. The van der Waals surface area contributed by atoms with Gasteiger partial charge in [0.05, 0.1) is 16.9 Å². The Bertz CT molecular complexity index is 563. The SMILES string of the molecule is CC(C)N(C)CCn1c(CCl)nc2ccc(Cl)cc21. The summed E-state index contributed by atoms with van der Waals surface area (Å²) in [5.41, 5.74) is 2.01. The van der Waals surface area contributed by atoms with Crippen LogP contribution in [0.1, 0.15) is 19.7 Å². The van der Waals surface area contributed by atoms with Gasteiger partial charge < -0.3 is 9.47 Å². The average Bonchev–Trinajstić information content (AvgIpc) is 2.72. The van der Waals surface area contributed by atoms with E-state index in [-0.39, 0.29) is 0 Å². The minimum Gasteiger partial charge on any atom is -0.326 e. The lowest BCUT2D eigenvalue weighted by Crippen LogP contribution is -2.30. The molecule has 0 amide bonds. The van der Waals surface area contributed by atoms with Crippen LogP contribution in [-0.4, -0.2) is 34.1 Å². The predicted octanol–water partition coefficient (Wildman–Crippen LogP) is 3.77. The summed E-state index contributed by atoms with van der Waals surface area (Å²) >= 11 is 12.1. The van der Waals surface area contributed by atoms with Crippen LogP contribution in [0.5, 0.6) is 0 Å². The second-order valence-electron chi connectivity index (χ2n) is 5.02. The fourth-order valence-corrected chi connectivity index (χ4v) is 2.38. The van der Waals surface area contributed by atoms with Gasteiger partial charge in [0, 0.05) is 24.2 Å². The number of likely N-dealkylation sites (N-methyl/N-ethyl adjacent to an activating group) is 1. The van der Waals surface area contributed by atoms with Gasteiger partial charge in [0.1, 0.15) is 5.82 Å². The first-order valence-corrected chi connectivity index (χ1v) is 7.35. The maximum Gasteiger partial charge on any atom is 0.124 e. The Morgan fingerprint density at radius 3 is 2.74 bits per heavy atom. The average molecular weight is 300 g/mol. The maximum atomic E-state index is 6.07. The molecule has 2 aromatic rings. The second-order valence-corrected chi connectivity index (χ2v) is 5.72. The van der Waals surface area contributed by atoms with Crippen LogP contribution in [0, 0.1) is 0 Å². The molecule has 2 rings (SSSR count). The molecular weight excluding hydrogens is 281 g/mol. The van der Waals surface area contributed by atoms with Crippen molar-refractivity contribution >= 4 is 34.2 Å². The van der Waals surface area contributed by atoms with Crippen LogP contribution in [0.25, 0.3) is 11.0 Å². The summed E-state index contributed by atoms with van der Waals surface area (Å²) in [5, 5.41) is 0.729. The smallest absolute Gasteiger partial charge is 0.124 e. The molecule has 0 unspecified atom stereocenters. The van der Waals surface area contributed by atoms with Crippen LogP contribution < -0.4 is 0 Å². The van der Waals surface area contributed by atoms with Crippen LogP contribution in [0.4, 0.5) is 0 Å². The molecule has 0 bridgehead atoms. The number of fused-ring (bicyclic) bond motifs is 1. The first-order chi connectivity index (χ1) is 9.02. The van der Waals surface area contributed by atoms with Crippen molar-refractivity contribution in [3.05, 3.63) is 29.0 Å². The third-order valence-corrected chi connectivity index (χ3v) is 3.94. The van der Waals surface area contributed by atoms with Gasteiger partial charge in [0.15, 0.2) is 0 Å². The van der Waals surface area contributed by atoms with Crippen molar-refractivity contribution in [3.63, 3.8) is 0 Å². The molecule has 1 aromatic heterocycles. The topological polar surface area (TPSA) is 21.1 Å². The molecule has 0 spiro atoms. The number of rotatable bonds is 5.